The van der Waals surface area contributed by atoms with Gasteiger partial charge in [-0.1, -0.05) is 23.8 Å². The lowest BCUT2D eigenvalue weighted by molar-refractivity contribution is -0.118. The van der Waals surface area contributed by atoms with E-state index in [9.17, 15) is 4.79 Å². The summed E-state index contributed by atoms with van der Waals surface area (Å²) in [5.41, 5.74) is 3.00. The quantitative estimate of drug-likeness (QED) is 0.916. The lowest BCUT2D eigenvalue weighted by Crippen LogP contribution is -2.20. The smallest absolute Gasteiger partial charge is 0.262 e. The molecule has 0 bridgehead atoms. The summed E-state index contributed by atoms with van der Waals surface area (Å²) in [5, 5.41) is 2.84. The zero-order chi connectivity index (χ0) is 15.2. The fourth-order valence-electron chi connectivity index (χ4n) is 1.98. The van der Waals surface area contributed by atoms with E-state index in [-0.39, 0.29) is 12.5 Å². The molecule has 1 amide bonds. The van der Waals surface area contributed by atoms with Crippen molar-refractivity contribution in [1.29, 1.82) is 0 Å². The standard InChI is InChI=1S/C17H19NO3/c1-12-7-8-16(13(2)9-12)18-17(19)11-21-15-6-4-5-14(10-15)20-3/h4-10H,11H2,1-3H3,(H,18,19). The molecule has 0 heterocycles. The molecule has 0 atom stereocenters. The maximum absolute atomic E-state index is 11.9. The number of carbonyl (C=O) groups excluding carboxylic acids is 1. The molecule has 2 aromatic rings. The number of anilines is 1. The Kier molecular flexibility index (Phi) is 4.82. The molecule has 4 nitrogen and oxygen atoms in total. The lowest BCUT2D eigenvalue weighted by atomic mass is 10.1. The number of rotatable bonds is 5. The second-order valence-electron chi connectivity index (χ2n) is 4.83. The number of benzene rings is 2. The van der Waals surface area contributed by atoms with Gasteiger partial charge in [0.1, 0.15) is 11.5 Å². The molecule has 4 heteroatoms. The van der Waals surface area contributed by atoms with Gasteiger partial charge in [-0.15, -0.1) is 0 Å². The number of ether oxygens (including phenoxy) is 2. The minimum Gasteiger partial charge on any atom is -0.497 e. The van der Waals surface area contributed by atoms with E-state index in [0.29, 0.717) is 11.5 Å². The Labute approximate surface area is 124 Å². The van der Waals surface area contributed by atoms with Crippen molar-refractivity contribution < 1.29 is 14.3 Å². The number of methoxy groups -OCH3 is 1. The van der Waals surface area contributed by atoms with E-state index < -0.39 is 0 Å². The molecule has 0 fully saturated rings. The largest absolute Gasteiger partial charge is 0.497 e. The lowest BCUT2D eigenvalue weighted by Gasteiger charge is -2.10. The van der Waals surface area contributed by atoms with Crippen LogP contribution in [0.15, 0.2) is 42.5 Å². The van der Waals surface area contributed by atoms with Crippen LogP contribution in [0.1, 0.15) is 11.1 Å². The number of carbonyl (C=O) groups is 1. The third-order valence-corrected chi connectivity index (χ3v) is 3.07. The van der Waals surface area contributed by atoms with Crippen molar-refractivity contribution in [2.45, 2.75) is 13.8 Å². The zero-order valence-corrected chi connectivity index (χ0v) is 12.5. The van der Waals surface area contributed by atoms with Crippen molar-refractivity contribution in [2.75, 3.05) is 19.0 Å². The van der Waals surface area contributed by atoms with Gasteiger partial charge in [-0.25, -0.2) is 0 Å². The Hall–Kier alpha value is -2.49. The molecular formula is C17H19NO3. The summed E-state index contributed by atoms with van der Waals surface area (Å²) in [4.78, 5) is 11.9. The highest BCUT2D eigenvalue weighted by atomic mass is 16.5. The first-order valence-corrected chi connectivity index (χ1v) is 6.72. The molecule has 2 aromatic carbocycles. The Morgan fingerprint density at radius 2 is 1.86 bits per heavy atom. The summed E-state index contributed by atoms with van der Waals surface area (Å²) in [6.07, 6.45) is 0. The molecule has 0 aromatic heterocycles. The Morgan fingerprint density at radius 3 is 2.57 bits per heavy atom. The van der Waals surface area contributed by atoms with Gasteiger partial charge in [0.05, 0.1) is 7.11 Å². The van der Waals surface area contributed by atoms with Gasteiger partial charge in [-0.3, -0.25) is 4.79 Å². The second-order valence-corrected chi connectivity index (χ2v) is 4.83. The molecule has 21 heavy (non-hydrogen) atoms. The normalized spacial score (nSPS) is 10.0. The zero-order valence-electron chi connectivity index (χ0n) is 12.5. The number of nitrogens with one attached hydrogen (secondary N) is 1. The summed E-state index contributed by atoms with van der Waals surface area (Å²) in [6.45, 7) is 3.94. The van der Waals surface area contributed by atoms with Crippen molar-refractivity contribution in [1.82, 2.24) is 0 Å². The highest BCUT2D eigenvalue weighted by molar-refractivity contribution is 5.92. The molecule has 0 spiro atoms. The first kappa shape index (κ1) is 14.9. The minimum absolute atomic E-state index is 0.0412. The number of hydrogen-bond acceptors (Lipinski definition) is 3. The SMILES string of the molecule is COc1cccc(OCC(=O)Nc2ccc(C)cc2C)c1. The number of aryl methyl sites for hydroxylation is 2. The molecule has 0 aliphatic rings. The summed E-state index contributed by atoms with van der Waals surface area (Å²) in [6, 6.07) is 13.0. The van der Waals surface area contributed by atoms with Gasteiger partial charge in [0, 0.05) is 11.8 Å². The van der Waals surface area contributed by atoms with Crippen LogP contribution in [0.25, 0.3) is 0 Å². The molecule has 0 saturated carbocycles. The van der Waals surface area contributed by atoms with Crippen molar-refractivity contribution in [2.24, 2.45) is 0 Å². The molecule has 0 saturated heterocycles. The predicted molar refractivity (Wildman–Crippen MR) is 83.0 cm³/mol. The Bertz CT molecular complexity index is 638. The third-order valence-electron chi connectivity index (χ3n) is 3.07. The second kappa shape index (κ2) is 6.79. The monoisotopic (exact) mass is 285 g/mol. The number of amides is 1. The molecule has 2 rings (SSSR count). The van der Waals surface area contributed by atoms with E-state index in [4.69, 9.17) is 9.47 Å². The van der Waals surface area contributed by atoms with Gasteiger partial charge in [-0.2, -0.15) is 0 Å². The fourth-order valence-corrected chi connectivity index (χ4v) is 1.98. The van der Waals surface area contributed by atoms with Gasteiger partial charge in [0.15, 0.2) is 6.61 Å². The summed E-state index contributed by atoms with van der Waals surface area (Å²) in [5.74, 6) is 1.11. The van der Waals surface area contributed by atoms with Crippen LogP contribution in [0.3, 0.4) is 0 Å². The summed E-state index contributed by atoms with van der Waals surface area (Å²) >= 11 is 0. The maximum Gasteiger partial charge on any atom is 0.262 e. The molecule has 0 aliphatic heterocycles. The van der Waals surface area contributed by atoms with E-state index >= 15 is 0 Å². The van der Waals surface area contributed by atoms with Crippen molar-refractivity contribution in [3.8, 4) is 11.5 Å². The molecule has 110 valence electrons. The average molecular weight is 285 g/mol. The Morgan fingerprint density at radius 1 is 1.10 bits per heavy atom. The summed E-state index contributed by atoms with van der Waals surface area (Å²) in [7, 11) is 1.59. The van der Waals surface area contributed by atoms with Gasteiger partial charge in [0.25, 0.3) is 5.91 Å². The highest BCUT2D eigenvalue weighted by Gasteiger charge is 2.06. The highest BCUT2D eigenvalue weighted by Crippen LogP contribution is 2.19. The van der Waals surface area contributed by atoms with Crippen LogP contribution in [0.4, 0.5) is 5.69 Å². The van der Waals surface area contributed by atoms with E-state index in [1.165, 1.54) is 0 Å². The first-order chi connectivity index (χ1) is 10.1. The van der Waals surface area contributed by atoms with Crippen LogP contribution in [0, 0.1) is 13.8 Å². The maximum atomic E-state index is 11.9. The van der Waals surface area contributed by atoms with Crippen LogP contribution < -0.4 is 14.8 Å². The number of hydrogen-bond donors (Lipinski definition) is 1. The first-order valence-electron chi connectivity index (χ1n) is 6.72. The van der Waals surface area contributed by atoms with Crippen LogP contribution in [0.5, 0.6) is 11.5 Å². The van der Waals surface area contributed by atoms with Crippen molar-refractivity contribution in [3.63, 3.8) is 0 Å². The topological polar surface area (TPSA) is 47.6 Å². The van der Waals surface area contributed by atoms with E-state index in [2.05, 4.69) is 5.32 Å². The van der Waals surface area contributed by atoms with Crippen LogP contribution in [0.2, 0.25) is 0 Å². The molecule has 0 unspecified atom stereocenters. The van der Waals surface area contributed by atoms with Gasteiger partial charge >= 0.3 is 0 Å². The van der Waals surface area contributed by atoms with E-state index in [1.54, 1.807) is 19.2 Å². The fraction of sp³-hybridized carbons (Fsp3) is 0.235. The third kappa shape index (κ3) is 4.24. The Balaban J connectivity index is 1.92. The molecule has 0 radical (unpaired) electrons. The summed E-state index contributed by atoms with van der Waals surface area (Å²) < 4.78 is 10.6. The van der Waals surface area contributed by atoms with Gasteiger partial charge in [-0.05, 0) is 37.6 Å². The van der Waals surface area contributed by atoms with Crippen LogP contribution in [-0.2, 0) is 4.79 Å². The van der Waals surface area contributed by atoms with Gasteiger partial charge < -0.3 is 14.8 Å². The molecular weight excluding hydrogens is 266 g/mol. The van der Waals surface area contributed by atoms with Crippen LogP contribution >= 0.6 is 0 Å². The van der Waals surface area contributed by atoms with Crippen LogP contribution in [-0.4, -0.2) is 19.6 Å². The van der Waals surface area contributed by atoms with Crippen molar-refractivity contribution >= 4 is 11.6 Å². The molecule has 0 aliphatic carbocycles. The van der Waals surface area contributed by atoms with E-state index in [1.807, 2.05) is 44.2 Å². The van der Waals surface area contributed by atoms with Crippen molar-refractivity contribution in [3.05, 3.63) is 53.6 Å². The van der Waals surface area contributed by atoms with E-state index in [0.717, 1.165) is 16.8 Å². The minimum atomic E-state index is -0.190. The molecule has 1 N–H and O–H groups in total. The predicted octanol–water partition coefficient (Wildman–Crippen LogP) is 3.33. The average Bonchev–Trinajstić information content (AvgIpc) is 2.48. The van der Waals surface area contributed by atoms with Gasteiger partial charge in [0.2, 0.25) is 0 Å².